The molecule has 2 nitrogen and oxygen atoms in total. The van der Waals surface area contributed by atoms with Crippen molar-refractivity contribution in [2.45, 2.75) is 52.5 Å². The average molecular weight is 274 g/mol. The molecule has 1 aromatic rings. The van der Waals surface area contributed by atoms with Crippen molar-refractivity contribution in [1.82, 2.24) is 5.32 Å². The SMILES string of the molecule is CCCCc1ccc(N2CCC(CNC(C)C)C2)cc1. The van der Waals surface area contributed by atoms with E-state index in [-0.39, 0.29) is 0 Å². The van der Waals surface area contributed by atoms with Gasteiger partial charge in [-0.05, 0) is 49.4 Å². The summed E-state index contributed by atoms with van der Waals surface area (Å²) in [5.41, 5.74) is 2.88. The maximum atomic E-state index is 3.57. The summed E-state index contributed by atoms with van der Waals surface area (Å²) in [6.45, 7) is 10.3. The molecule has 20 heavy (non-hydrogen) atoms. The number of hydrogen-bond acceptors (Lipinski definition) is 2. The summed E-state index contributed by atoms with van der Waals surface area (Å²) in [6.07, 6.45) is 5.11. The first kappa shape index (κ1) is 15.4. The van der Waals surface area contributed by atoms with Crippen molar-refractivity contribution >= 4 is 5.69 Å². The molecule has 0 radical (unpaired) electrons. The second-order valence-corrected chi connectivity index (χ2v) is 6.43. The van der Waals surface area contributed by atoms with Gasteiger partial charge in [-0.1, -0.05) is 39.3 Å². The predicted molar refractivity (Wildman–Crippen MR) is 88.5 cm³/mol. The van der Waals surface area contributed by atoms with Crippen LogP contribution < -0.4 is 10.2 Å². The molecule has 0 amide bonds. The normalized spacial score (nSPS) is 19.0. The van der Waals surface area contributed by atoms with Crippen LogP contribution in [0.4, 0.5) is 5.69 Å². The van der Waals surface area contributed by atoms with E-state index < -0.39 is 0 Å². The minimum Gasteiger partial charge on any atom is -0.371 e. The molecular weight excluding hydrogens is 244 g/mol. The van der Waals surface area contributed by atoms with Gasteiger partial charge in [-0.15, -0.1) is 0 Å². The molecule has 1 fully saturated rings. The fourth-order valence-electron chi connectivity index (χ4n) is 2.89. The molecule has 0 aromatic heterocycles. The van der Waals surface area contributed by atoms with Crippen LogP contribution in [0.15, 0.2) is 24.3 Å². The third kappa shape index (κ3) is 4.52. The predicted octanol–water partition coefficient (Wildman–Crippen LogP) is 3.85. The summed E-state index contributed by atoms with van der Waals surface area (Å²) < 4.78 is 0. The first-order valence-electron chi connectivity index (χ1n) is 8.26. The van der Waals surface area contributed by atoms with Crippen LogP contribution in [0.1, 0.15) is 45.6 Å². The Morgan fingerprint density at radius 1 is 1.25 bits per heavy atom. The first-order chi connectivity index (χ1) is 9.69. The Morgan fingerprint density at radius 2 is 2.00 bits per heavy atom. The van der Waals surface area contributed by atoms with E-state index in [0.717, 1.165) is 12.5 Å². The molecule has 1 aliphatic heterocycles. The number of unbranched alkanes of at least 4 members (excludes halogenated alkanes) is 1. The van der Waals surface area contributed by atoms with E-state index in [0.29, 0.717) is 6.04 Å². The number of rotatable bonds is 7. The highest BCUT2D eigenvalue weighted by Gasteiger charge is 2.22. The van der Waals surface area contributed by atoms with Crippen molar-refractivity contribution in [2.75, 3.05) is 24.5 Å². The lowest BCUT2D eigenvalue weighted by Gasteiger charge is -2.19. The molecule has 0 bridgehead atoms. The van der Waals surface area contributed by atoms with E-state index in [1.807, 2.05) is 0 Å². The smallest absolute Gasteiger partial charge is 0.0366 e. The van der Waals surface area contributed by atoms with Gasteiger partial charge in [0.05, 0.1) is 0 Å². The highest BCUT2D eigenvalue weighted by atomic mass is 15.2. The van der Waals surface area contributed by atoms with Gasteiger partial charge in [0.1, 0.15) is 0 Å². The first-order valence-corrected chi connectivity index (χ1v) is 8.26. The highest BCUT2D eigenvalue weighted by Crippen LogP contribution is 2.24. The maximum Gasteiger partial charge on any atom is 0.0366 e. The Kier molecular flexibility index (Phi) is 5.90. The molecule has 0 saturated carbocycles. The number of aryl methyl sites for hydroxylation is 1. The molecule has 1 saturated heterocycles. The molecule has 1 aromatic carbocycles. The van der Waals surface area contributed by atoms with Crippen LogP contribution >= 0.6 is 0 Å². The van der Waals surface area contributed by atoms with Crippen LogP contribution in [0.25, 0.3) is 0 Å². The van der Waals surface area contributed by atoms with E-state index in [9.17, 15) is 0 Å². The second-order valence-electron chi connectivity index (χ2n) is 6.43. The number of hydrogen-bond donors (Lipinski definition) is 1. The number of nitrogens with zero attached hydrogens (tertiary/aromatic N) is 1. The molecule has 112 valence electrons. The van der Waals surface area contributed by atoms with Crippen LogP contribution in [0, 0.1) is 5.92 Å². The van der Waals surface area contributed by atoms with E-state index >= 15 is 0 Å². The van der Waals surface area contributed by atoms with Crippen molar-refractivity contribution in [3.05, 3.63) is 29.8 Å². The van der Waals surface area contributed by atoms with Gasteiger partial charge in [0.15, 0.2) is 0 Å². The van der Waals surface area contributed by atoms with Gasteiger partial charge in [-0.3, -0.25) is 0 Å². The zero-order chi connectivity index (χ0) is 14.4. The molecule has 1 atom stereocenters. The van der Waals surface area contributed by atoms with Gasteiger partial charge in [-0.25, -0.2) is 0 Å². The molecule has 0 aliphatic carbocycles. The number of nitrogens with one attached hydrogen (secondary N) is 1. The van der Waals surface area contributed by atoms with Crippen LogP contribution in [-0.2, 0) is 6.42 Å². The topological polar surface area (TPSA) is 15.3 Å². The van der Waals surface area contributed by atoms with E-state index in [1.54, 1.807) is 0 Å². The molecule has 2 heteroatoms. The van der Waals surface area contributed by atoms with Crippen molar-refractivity contribution < 1.29 is 0 Å². The summed E-state index contributed by atoms with van der Waals surface area (Å²) in [5, 5.41) is 3.57. The monoisotopic (exact) mass is 274 g/mol. The maximum absolute atomic E-state index is 3.57. The Morgan fingerprint density at radius 3 is 2.65 bits per heavy atom. The molecule has 2 rings (SSSR count). The lowest BCUT2D eigenvalue weighted by molar-refractivity contribution is 0.480. The van der Waals surface area contributed by atoms with Crippen LogP contribution in [0.3, 0.4) is 0 Å². The fourth-order valence-corrected chi connectivity index (χ4v) is 2.89. The third-order valence-electron chi connectivity index (χ3n) is 4.22. The van der Waals surface area contributed by atoms with Gasteiger partial charge < -0.3 is 10.2 Å². The Bertz CT molecular complexity index is 383. The molecule has 1 aliphatic rings. The Hall–Kier alpha value is -1.02. The lowest BCUT2D eigenvalue weighted by Crippen LogP contribution is -2.30. The molecule has 1 unspecified atom stereocenters. The summed E-state index contributed by atoms with van der Waals surface area (Å²) in [7, 11) is 0. The lowest BCUT2D eigenvalue weighted by atomic mass is 10.1. The van der Waals surface area contributed by atoms with Crippen molar-refractivity contribution in [3.8, 4) is 0 Å². The van der Waals surface area contributed by atoms with E-state index in [1.165, 1.54) is 50.0 Å². The Labute approximate surface area is 124 Å². The van der Waals surface area contributed by atoms with Crippen molar-refractivity contribution in [1.29, 1.82) is 0 Å². The zero-order valence-electron chi connectivity index (χ0n) is 13.4. The minimum atomic E-state index is 0.599. The Balaban J connectivity index is 1.83. The number of benzene rings is 1. The van der Waals surface area contributed by atoms with E-state index in [2.05, 4.69) is 55.3 Å². The van der Waals surface area contributed by atoms with Gasteiger partial charge in [0, 0.05) is 24.8 Å². The standard InChI is InChI=1S/C18H30N2/c1-4-5-6-16-7-9-18(10-8-16)20-12-11-17(14-20)13-19-15(2)3/h7-10,15,17,19H,4-6,11-14H2,1-3H3. The van der Waals surface area contributed by atoms with Gasteiger partial charge in [-0.2, -0.15) is 0 Å². The molecule has 1 N–H and O–H groups in total. The summed E-state index contributed by atoms with van der Waals surface area (Å²) in [6, 6.07) is 9.84. The minimum absolute atomic E-state index is 0.599. The molecular formula is C18H30N2. The van der Waals surface area contributed by atoms with Gasteiger partial charge >= 0.3 is 0 Å². The number of anilines is 1. The van der Waals surface area contributed by atoms with E-state index in [4.69, 9.17) is 0 Å². The fraction of sp³-hybridized carbons (Fsp3) is 0.667. The summed E-state index contributed by atoms with van der Waals surface area (Å²) >= 11 is 0. The third-order valence-corrected chi connectivity index (χ3v) is 4.22. The van der Waals surface area contributed by atoms with Crippen LogP contribution in [0.5, 0.6) is 0 Å². The molecule has 0 spiro atoms. The van der Waals surface area contributed by atoms with Gasteiger partial charge in [0.2, 0.25) is 0 Å². The second kappa shape index (κ2) is 7.68. The molecule has 1 heterocycles. The highest BCUT2D eigenvalue weighted by molar-refractivity contribution is 5.48. The van der Waals surface area contributed by atoms with Crippen molar-refractivity contribution in [3.63, 3.8) is 0 Å². The quantitative estimate of drug-likeness (QED) is 0.812. The van der Waals surface area contributed by atoms with Crippen LogP contribution in [-0.4, -0.2) is 25.7 Å². The van der Waals surface area contributed by atoms with Gasteiger partial charge in [0.25, 0.3) is 0 Å². The summed E-state index contributed by atoms with van der Waals surface area (Å²) in [4.78, 5) is 2.54. The van der Waals surface area contributed by atoms with Crippen molar-refractivity contribution in [2.24, 2.45) is 5.92 Å². The largest absolute Gasteiger partial charge is 0.371 e. The zero-order valence-corrected chi connectivity index (χ0v) is 13.4. The average Bonchev–Trinajstić information content (AvgIpc) is 2.92. The van der Waals surface area contributed by atoms with Crippen LogP contribution in [0.2, 0.25) is 0 Å². The summed E-state index contributed by atoms with van der Waals surface area (Å²) in [5.74, 6) is 0.803.